The summed E-state index contributed by atoms with van der Waals surface area (Å²) in [5, 5.41) is 11.9. The van der Waals surface area contributed by atoms with E-state index in [0.29, 0.717) is 13.1 Å². The zero-order valence-electron chi connectivity index (χ0n) is 19.8. The van der Waals surface area contributed by atoms with Crippen molar-refractivity contribution in [1.29, 1.82) is 0 Å². The lowest BCUT2D eigenvalue weighted by molar-refractivity contribution is -0.136. The van der Waals surface area contributed by atoms with Gasteiger partial charge in [-0.2, -0.15) is 0 Å². The highest BCUT2D eigenvalue weighted by Crippen LogP contribution is 2.18. The van der Waals surface area contributed by atoms with Crippen LogP contribution in [-0.2, 0) is 24.9 Å². The molecule has 3 heterocycles. The molecular formula is C23H35IN8O. The number of carbonyl (C=O) groups excluding carboxylic acids is 1. The minimum atomic E-state index is 0. The second kappa shape index (κ2) is 11.8. The molecule has 4 rings (SSSR count). The molecule has 1 atom stereocenters. The van der Waals surface area contributed by atoms with Crippen LogP contribution in [0.15, 0.2) is 35.3 Å². The maximum Gasteiger partial charge on any atom is 0.240 e. The van der Waals surface area contributed by atoms with E-state index in [4.69, 9.17) is 4.99 Å². The molecule has 0 saturated carbocycles. The lowest BCUT2D eigenvalue weighted by Gasteiger charge is -2.38. The molecule has 33 heavy (non-hydrogen) atoms. The Balaban J connectivity index is 0.00000306. The smallest absolute Gasteiger partial charge is 0.240 e. The van der Waals surface area contributed by atoms with Crippen LogP contribution in [0.3, 0.4) is 0 Å². The zero-order valence-corrected chi connectivity index (χ0v) is 22.1. The average Bonchev–Trinajstić information content (AvgIpc) is 3.39. The maximum absolute atomic E-state index is 13.0. The second-order valence-corrected chi connectivity index (χ2v) is 8.65. The highest BCUT2D eigenvalue weighted by atomic mass is 127. The van der Waals surface area contributed by atoms with Gasteiger partial charge in [0.05, 0.1) is 19.1 Å². The van der Waals surface area contributed by atoms with Gasteiger partial charge < -0.3 is 19.7 Å². The van der Waals surface area contributed by atoms with Crippen LogP contribution in [0.1, 0.15) is 30.1 Å². The highest BCUT2D eigenvalue weighted by Gasteiger charge is 2.33. The van der Waals surface area contributed by atoms with Crippen LogP contribution in [0.5, 0.6) is 0 Å². The van der Waals surface area contributed by atoms with E-state index in [1.54, 1.807) is 0 Å². The Bertz CT molecular complexity index is 939. The van der Waals surface area contributed by atoms with E-state index in [2.05, 4.69) is 44.5 Å². The maximum atomic E-state index is 13.0. The first-order valence-electron chi connectivity index (χ1n) is 11.4. The minimum absolute atomic E-state index is 0. The van der Waals surface area contributed by atoms with Gasteiger partial charge in [0, 0.05) is 33.2 Å². The molecule has 2 aliphatic rings. The van der Waals surface area contributed by atoms with Gasteiger partial charge in [-0.3, -0.25) is 9.69 Å². The Hall–Kier alpha value is -2.21. The van der Waals surface area contributed by atoms with E-state index in [9.17, 15) is 4.79 Å². The van der Waals surface area contributed by atoms with Gasteiger partial charge in [0.25, 0.3) is 0 Å². The molecule has 1 aromatic heterocycles. The van der Waals surface area contributed by atoms with Crippen LogP contribution in [0.2, 0.25) is 0 Å². The van der Waals surface area contributed by atoms with Crippen LogP contribution in [0.4, 0.5) is 0 Å². The van der Waals surface area contributed by atoms with Gasteiger partial charge >= 0.3 is 0 Å². The van der Waals surface area contributed by atoms with E-state index in [1.807, 2.05) is 41.6 Å². The first-order valence-corrected chi connectivity index (χ1v) is 11.4. The van der Waals surface area contributed by atoms with Crippen LogP contribution in [0.25, 0.3) is 0 Å². The number of guanidine groups is 1. The average molecular weight is 566 g/mol. The van der Waals surface area contributed by atoms with Gasteiger partial charge in [-0.05, 0) is 38.9 Å². The molecule has 180 valence electrons. The highest BCUT2D eigenvalue weighted by molar-refractivity contribution is 14.0. The normalized spacial score (nSPS) is 19.5. The summed E-state index contributed by atoms with van der Waals surface area (Å²) in [5.74, 6) is 2.87. The molecule has 10 heteroatoms. The Morgan fingerprint density at radius 3 is 2.36 bits per heavy atom. The van der Waals surface area contributed by atoms with Crippen molar-refractivity contribution in [3.63, 3.8) is 0 Å². The molecule has 2 fully saturated rings. The lowest BCUT2D eigenvalue weighted by Crippen LogP contribution is -2.56. The van der Waals surface area contributed by atoms with Crippen molar-refractivity contribution in [2.24, 2.45) is 12.0 Å². The van der Waals surface area contributed by atoms with Gasteiger partial charge in [0.15, 0.2) is 11.8 Å². The molecule has 0 aliphatic carbocycles. The molecule has 1 unspecified atom stereocenters. The molecule has 1 N–H and O–H groups in total. The fraction of sp³-hybridized carbons (Fsp3) is 0.565. The molecule has 2 saturated heterocycles. The molecule has 1 amide bonds. The van der Waals surface area contributed by atoms with E-state index in [0.717, 1.165) is 63.2 Å². The van der Waals surface area contributed by atoms with Crippen LogP contribution >= 0.6 is 24.0 Å². The number of hydrogen-bond donors (Lipinski definition) is 1. The van der Waals surface area contributed by atoms with Crippen molar-refractivity contribution < 1.29 is 4.79 Å². The number of aromatic nitrogens is 3. The summed E-state index contributed by atoms with van der Waals surface area (Å²) in [6.07, 6.45) is 2.08. The first kappa shape index (κ1) is 25.4. The van der Waals surface area contributed by atoms with Crippen LogP contribution < -0.4 is 5.32 Å². The number of nitrogens with zero attached hydrogens (tertiary/aromatic N) is 7. The lowest BCUT2D eigenvalue weighted by atomic mass is 10.1. The number of aliphatic imine (C=N–C) groups is 1. The van der Waals surface area contributed by atoms with E-state index >= 15 is 0 Å². The van der Waals surface area contributed by atoms with Gasteiger partial charge in [0.2, 0.25) is 5.91 Å². The zero-order chi connectivity index (χ0) is 22.5. The third-order valence-electron chi connectivity index (χ3n) is 6.54. The SMILES string of the molecule is Cc1nnc(CNC(=NCc2ccccc2)N2CCN(C(=O)C3CCCN3C)CC2)n1C.I. The molecular weight excluding hydrogens is 531 g/mol. The van der Waals surface area contributed by atoms with Crippen molar-refractivity contribution in [2.45, 2.75) is 38.9 Å². The fourth-order valence-corrected chi connectivity index (χ4v) is 4.35. The predicted octanol–water partition coefficient (Wildman–Crippen LogP) is 1.63. The number of likely N-dealkylation sites (tertiary alicyclic amines) is 1. The van der Waals surface area contributed by atoms with Gasteiger partial charge in [-0.1, -0.05) is 30.3 Å². The Morgan fingerprint density at radius 2 is 1.76 bits per heavy atom. The number of nitrogens with one attached hydrogen (secondary N) is 1. The molecule has 2 aliphatic heterocycles. The minimum Gasteiger partial charge on any atom is -0.349 e. The summed E-state index contributed by atoms with van der Waals surface area (Å²) in [6.45, 7) is 7.08. The summed E-state index contributed by atoms with van der Waals surface area (Å²) < 4.78 is 1.98. The number of benzene rings is 1. The monoisotopic (exact) mass is 566 g/mol. The Morgan fingerprint density at radius 1 is 1.06 bits per heavy atom. The molecule has 0 radical (unpaired) electrons. The molecule has 1 aromatic carbocycles. The number of likely N-dealkylation sites (N-methyl/N-ethyl adjacent to an activating group) is 1. The summed E-state index contributed by atoms with van der Waals surface area (Å²) in [7, 11) is 4.02. The number of rotatable bonds is 5. The summed E-state index contributed by atoms with van der Waals surface area (Å²) >= 11 is 0. The Kier molecular flexibility index (Phi) is 9.07. The Labute approximate surface area is 213 Å². The topological polar surface area (TPSA) is 81.9 Å². The van der Waals surface area contributed by atoms with Crippen LogP contribution in [0, 0.1) is 6.92 Å². The van der Waals surface area contributed by atoms with Crippen LogP contribution in [-0.4, -0.2) is 87.1 Å². The van der Waals surface area contributed by atoms with Gasteiger partial charge in [-0.25, -0.2) is 4.99 Å². The van der Waals surface area contributed by atoms with Gasteiger partial charge in [0.1, 0.15) is 5.82 Å². The molecule has 2 aromatic rings. The number of piperazine rings is 1. The first-order chi connectivity index (χ1) is 15.5. The van der Waals surface area contributed by atoms with E-state index in [-0.39, 0.29) is 35.9 Å². The van der Waals surface area contributed by atoms with Crippen molar-refractivity contribution in [2.75, 3.05) is 39.8 Å². The van der Waals surface area contributed by atoms with E-state index in [1.165, 1.54) is 5.56 Å². The summed E-state index contributed by atoms with van der Waals surface area (Å²) in [4.78, 5) is 24.3. The standard InChI is InChI=1S/C23H34N8O.HI/c1-18-26-27-21(29(18)3)17-25-23(24-16-19-8-5-4-6-9-19)31-14-12-30(13-15-31)22(32)20-10-7-11-28(20)2;/h4-6,8-9,20H,7,10-17H2,1-3H3,(H,24,25);1H. The van der Waals surface area contributed by atoms with Crippen molar-refractivity contribution in [3.05, 3.63) is 47.5 Å². The van der Waals surface area contributed by atoms with Crippen molar-refractivity contribution in [3.8, 4) is 0 Å². The van der Waals surface area contributed by atoms with Crippen molar-refractivity contribution in [1.82, 2.24) is 34.8 Å². The number of halogens is 1. The van der Waals surface area contributed by atoms with E-state index < -0.39 is 0 Å². The number of carbonyl (C=O) groups is 1. The van der Waals surface area contributed by atoms with Crippen molar-refractivity contribution >= 4 is 35.8 Å². The fourth-order valence-electron chi connectivity index (χ4n) is 4.35. The third kappa shape index (κ3) is 6.23. The number of hydrogen-bond acceptors (Lipinski definition) is 5. The summed E-state index contributed by atoms with van der Waals surface area (Å²) in [5.41, 5.74) is 1.17. The largest absolute Gasteiger partial charge is 0.349 e. The summed E-state index contributed by atoms with van der Waals surface area (Å²) in [6, 6.07) is 10.3. The third-order valence-corrected chi connectivity index (χ3v) is 6.54. The van der Waals surface area contributed by atoms with Gasteiger partial charge in [-0.15, -0.1) is 34.2 Å². The molecule has 0 bridgehead atoms. The number of amides is 1. The molecule has 0 spiro atoms. The molecule has 9 nitrogen and oxygen atoms in total. The second-order valence-electron chi connectivity index (χ2n) is 8.65. The predicted molar refractivity (Wildman–Crippen MR) is 139 cm³/mol. The number of aryl methyl sites for hydroxylation is 1. The quantitative estimate of drug-likeness (QED) is 0.337.